The van der Waals surface area contributed by atoms with Crippen LogP contribution in [0, 0.1) is 13.8 Å². The van der Waals surface area contributed by atoms with Crippen LogP contribution < -0.4 is 41.5 Å². The molecular weight excluding hydrogens is 1440 g/mol. The Morgan fingerprint density at radius 3 is 0.672 bits per heavy atom. The second kappa shape index (κ2) is 30.1. The fourth-order valence-corrected chi connectivity index (χ4v) is 28.2. The Kier molecular flexibility index (Phi) is 18.3. The topological polar surface area (TPSA) is 71.3 Å². The molecule has 0 aliphatic heterocycles. The Morgan fingerprint density at radius 2 is 0.405 bits per heavy atom. The van der Waals surface area contributed by atoms with Crippen molar-refractivity contribution in [3.8, 4) is 33.9 Å². The molecule has 22 rings (SSSR count). The second-order valence-electron chi connectivity index (χ2n) is 29.8. The minimum Gasteiger partial charge on any atom is -0.309 e. The quantitative estimate of drug-likeness (QED) is 0.0852. The molecule has 0 aliphatic rings. The third-order valence-corrected chi connectivity index (χ3v) is 33.0. The van der Waals surface area contributed by atoms with Crippen LogP contribution in [0.4, 0.5) is 0 Å². The molecule has 116 heavy (non-hydrogen) atoms. The monoisotopic (exact) mass is 1520 g/mol. The number of fused-ring (bicyclic) bond motifs is 12. The van der Waals surface area contributed by atoms with Gasteiger partial charge in [0.1, 0.15) is 0 Å². The molecule has 14 aromatic carbocycles. The molecule has 0 radical (unpaired) electrons. The SMILES string of the molecule is Cc1cc(-n2c3ccccc3c3ccccc32)ccc1-c1ccc(-n2c3ccccc3c3ccccc32)cc1C.c1cc(-n2c3ccncc3c3cnccc32)cc(-n2c3ccncc3c3cnccc32)c1.c1ccc([Si](c2ccccc2)(c2ccccc2)c2cccc([Si](c3ccccc3)(c3ccccc3)c3ccccc3)c2)cc1. The summed E-state index contributed by atoms with van der Waals surface area (Å²) in [6.45, 7) is 4.46. The summed E-state index contributed by atoms with van der Waals surface area (Å²) in [5.74, 6) is 0. The van der Waals surface area contributed by atoms with Gasteiger partial charge in [0, 0.05) is 115 Å². The molecule has 0 spiro atoms. The molecule has 8 nitrogen and oxygen atoms in total. The molecule has 0 aliphatic carbocycles. The summed E-state index contributed by atoms with van der Waals surface area (Å²) >= 11 is 0. The first-order chi connectivity index (χ1) is 57.4. The molecule has 550 valence electrons. The van der Waals surface area contributed by atoms with Crippen molar-refractivity contribution in [2.24, 2.45) is 0 Å². The number of pyridine rings is 4. The van der Waals surface area contributed by atoms with Gasteiger partial charge in [-0.2, -0.15) is 0 Å². The lowest BCUT2D eigenvalue weighted by Crippen LogP contribution is -2.77. The lowest BCUT2D eigenvalue weighted by atomic mass is 9.95. The molecule has 10 heteroatoms. The third-order valence-electron chi connectivity index (χ3n) is 23.4. The predicted octanol–water partition coefficient (Wildman–Crippen LogP) is 20.1. The molecule has 0 atom stereocenters. The van der Waals surface area contributed by atoms with Crippen molar-refractivity contribution in [2.45, 2.75) is 13.8 Å². The van der Waals surface area contributed by atoms with Crippen LogP contribution in [0.2, 0.25) is 0 Å². The zero-order valence-corrected chi connectivity index (χ0v) is 66.1. The Labute approximate surface area is 675 Å². The number of hydrogen-bond acceptors (Lipinski definition) is 4. The van der Waals surface area contributed by atoms with Crippen LogP contribution in [0.5, 0.6) is 0 Å². The number of benzene rings is 14. The largest absolute Gasteiger partial charge is 0.309 e. The first-order valence-corrected chi connectivity index (χ1v) is 43.5. The van der Waals surface area contributed by atoms with Gasteiger partial charge in [0.15, 0.2) is 16.1 Å². The summed E-state index contributed by atoms with van der Waals surface area (Å²) in [7, 11) is -5.38. The van der Waals surface area contributed by atoms with Crippen molar-refractivity contribution in [3.63, 3.8) is 0 Å². The number of hydrogen-bond donors (Lipinski definition) is 0. The van der Waals surface area contributed by atoms with Crippen molar-refractivity contribution >= 4 is 145 Å². The zero-order valence-electron chi connectivity index (χ0n) is 64.1. The van der Waals surface area contributed by atoms with Crippen LogP contribution in [0.25, 0.3) is 121 Å². The smallest absolute Gasteiger partial charge is 0.179 e. The van der Waals surface area contributed by atoms with Crippen LogP contribution in [0.3, 0.4) is 0 Å². The number of aromatic nitrogens is 8. The van der Waals surface area contributed by atoms with Crippen LogP contribution in [0.1, 0.15) is 11.1 Å². The van der Waals surface area contributed by atoms with Crippen LogP contribution >= 0.6 is 0 Å². The van der Waals surface area contributed by atoms with Gasteiger partial charge in [0.05, 0.1) is 44.1 Å². The highest BCUT2D eigenvalue weighted by atomic mass is 28.3. The van der Waals surface area contributed by atoms with E-state index < -0.39 is 16.1 Å². The summed E-state index contributed by atoms with van der Waals surface area (Å²) in [6, 6.07) is 142. The van der Waals surface area contributed by atoms with Crippen molar-refractivity contribution in [3.05, 3.63) is 449 Å². The van der Waals surface area contributed by atoms with E-state index in [4.69, 9.17) is 0 Å². The Morgan fingerprint density at radius 1 is 0.181 bits per heavy atom. The second-order valence-corrected chi connectivity index (χ2v) is 37.4. The van der Waals surface area contributed by atoms with E-state index in [1.165, 1.54) is 119 Å². The minimum absolute atomic E-state index is 1.08. The molecule has 0 unspecified atom stereocenters. The number of aryl methyl sites for hydroxylation is 2. The molecule has 0 saturated carbocycles. The van der Waals surface area contributed by atoms with Gasteiger partial charge in [-0.3, -0.25) is 19.9 Å². The molecule has 0 saturated heterocycles. The molecule has 8 aromatic heterocycles. The maximum absolute atomic E-state index is 4.34. The average molecular weight is 1520 g/mol. The van der Waals surface area contributed by atoms with Gasteiger partial charge < -0.3 is 18.3 Å². The molecule has 0 fully saturated rings. The van der Waals surface area contributed by atoms with Crippen molar-refractivity contribution in [1.29, 1.82) is 0 Å². The van der Waals surface area contributed by atoms with E-state index in [9.17, 15) is 0 Å². The molecular formula is C106H78N8Si2. The summed E-state index contributed by atoms with van der Waals surface area (Å²) in [6.07, 6.45) is 15.0. The fraction of sp³-hybridized carbons (Fsp3) is 0.0189. The summed E-state index contributed by atoms with van der Waals surface area (Å²) < 4.78 is 9.32. The average Bonchev–Trinajstić information content (AvgIpc) is 1.30. The van der Waals surface area contributed by atoms with Gasteiger partial charge in [-0.25, -0.2) is 0 Å². The fourth-order valence-electron chi connectivity index (χ4n) is 18.4. The van der Waals surface area contributed by atoms with Gasteiger partial charge in [-0.05, 0) is 169 Å². The molecule has 0 bridgehead atoms. The molecule has 8 heterocycles. The highest BCUT2D eigenvalue weighted by Gasteiger charge is 2.45. The van der Waals surface area contributed by atoms with Crippen LogP contribution in [0.15, 0.2) is 438 Å². The van der Waals surface area contributed by atoms with E-state index in [2.05, 4.69) is 440 Å². The van der Waals surface area contributed by atoms with E-state index in [1.807, 2.05) is 49.6 Å². The van der Waals surface area contributed by atoms with Gasteiger partial charge in [-0.1, -0.05) is 297 Å². The normalized spacial score (nSPS) is 11.7. The number of para-hydroxylation sites is 4. The summed E-state index contributed by atoms with van der Waals surface area (Å²) in [5.41, 5.74) is 19.0. The lowest BCUT2D eigenvalue weighted by Gasteiger charge is -2.38. The van der Waals surface area contributed by atoms with Crippen molar-refractivity contribution in [1.82, 2.24) is 38.2 Å². The van der Waals surface area contributed by atoms with E-state index in [-0.39, 0.29) is 0 Å². The maximum atomic E-state index is 4.34. The predicted molar refractivity (Wildman–Crippen MR) is 490 cm³/mol. The molecule has 0 N–H and O–H groups in total. The molecule has 22 aromatic rings. The van der Waals surface area contributed by atoms with Crippen molar-refractivity contribution < 1.29 is 0 Å². The van der Waals surface area contributed by atoms with Gasteiger partial charge in [0.2, 0.25) is 0 Å². The van der Waals surface area contributed by atoms with Gasteiger partial charge >= 0.3 is 0 Å². The standard InChI is InChI=1S/C42H34Si2.C38H28N2.C26H16N6/c1-7-20-35(21-8-1)43(36-22-9-2-10-23-36,37-24-11-3-12-25-37)41-32-19-33-42(34-41)44(38-26-13-4-14-27-38,39-28-15-5-16-29-39)40-30-17-6-18-31-40;1-25-23-27(39-35-15-7-3-11-31(35)32-12-4-8-16-36(32)39)19-21-29(25)30-22-20-28(24-26(30)2)40-37-17-9-5-13-33(37)34-14-6-10-18-38(34)40;1-2-17(31-23-4-8-27-13-19(23)20-14-28-9-5-24(20)31)12-18(3-1)32-25-6-10-29-15-21(25)22-16-30-11-7-26(22)32/h1-34H;3-24H,1-2H3;1-16H. The van der Waals surface area contributed by atoms with Crippen LogP contribution in [-0.2, 0) is 0 Å². The highest BCUT2D eigenvalue weighted by Crippen LogP contribution is 2.39. The zero-order chi connectivity index (χ0) is 77.5. The number of nitrogens with zero attached hydrogens (tertiary/aromatic N) is 8. The first kappa shape index (κ1) is 70.4. The minimum atomic E-state index is -2.69. The summed E-state index contributed by atoms with van der Waals surface area (Å²) in [4.78, 5) is 17.4. The van der Waals surface area contributed by atoms with E-state index in [0.29, 0.717) is 0 Å². The highest BCUT2D eigenvalue weighted by molar-refractivity contribution is 7.22. The molecule has 0 amide bonds. The van der Waals surface area contributed by atoms with E-state index in [0.717, 1.165) is 55.0 Å². The van der Waals surface area contributed by atoms with E-state index in [1.54, 1.807) is 0 Å². The lowest BCUT2D eigenvalue weighted by molar-refractivity contribution is 1.13. The van der Waals surface area contributed by atoms with Gasteiger partial charge in [0.25, 0.3) is 0 Å². The van der Waals surface area contributed by atoms with Crippen molar-refractivity contribution in [2.75, 3.05) is 0 Å². The number of rotatable bonds is 13. The summed E-state index contributed by atoms with van der Waals surface area (Å²) in [5, 5.41) is 20.7. The van der Waals surface area contributed by atoms with Crippen LogP contribution in [-0.4, -0.2) is 54.4 Å². The first-order valence-electron chi connectivity index (χ1n) is 39.5. The van der Waals surface area contributed by atoms with E-state index >= 15 is 0 Å². The third kappa shape index (κ3) is 12.0. The maximum Gasteiger partial charge on any atom is 0.179 e. The Hall–Kier alpha value is -14.7. The Balaban J connectivity index is 0.000000113. The van der Waals surface area contributed by atoms with Gasteiger partial charge in [-0.15, -0.1) is 0 Å². The Bertz CT molecular complexity index is 6530.